The van der Waals surface area contributed by atoms with Crippen LogP contribution in [-0.4, -0.2) is 30.3 Å². The van der Waals surface area contributed by atoms with Gasteiger partial charge in [-0.3, -0.25) is 0 Å². The molecule has 2 rings (SSSR count). The van der Waals surface area contributed by atoms with Gasteiger partial charge in [0.05, 0.1) is 0 Å². The molecule has 0 aliphatic carbocycles. The first kappa shape index (κ1) is 13.3. The molecule has 0 radical (unpaired) electrons. The molecule has 5 nitrogen and oxygen atoms in total. The molecule has 1 aromatic heterocycles. The number of hydrogen-bond donors (Lipinski definition) is 1. The lowest BCUT2D eigenvalue weighted by Crippen LogP contribution is -2.38. The predicted molar refractivity (Wildman–Crippen MR) is 70.4 cm³/mol. The van der Waals surface area contributed by atoms with E-state index in [-0.39, 0.29) is 16.8 Å². The van der Waals surface area contributed by atoms with Crippen LogP contribution in [0.4, 0.5) is 5.82 Å². The van der Waals surface area contributed by atoms with E-state index in [0.717, 1.165) is 12.8 Å². The molecule has 0 spiro atoms. The van der Waals surface area contributed by atoms with Gasteiger partial charge in [-0.05, 0) is 30.9 Å². The number of rotatable bonds is 3. The van der Waals surface area contributed by atoms with Gasteiger partial charge < -0.3 is 5.73 Å². The summed E-state index contributed by atoms with van der Waals surface area (Å²) in [7, 11) is -3.52. The third kappa shape index (κ3) is 2.22. The fraction of sp³-hybridized carbons (Fsp3) is 0.583. The Morgan fingerprint density at radius 3 is 2.83 bits per heavy atom. The summed E-state index contributed by atoms with van der Waals surface area (Å²) >= 11 is 0. The van der Waals surface area contributed by atoms with Crippen LogP contribution in [0.1, 0.15) is 26.7 Å². The van der Waals surface area contributed by atoms with Crippen LogP contribution in [-0.2, 0) is 10.0 Å². The average molecular weight is 269 g/mol. The molecule has 2 N–H and O–H groups in total. The maximum Gasteiger partial charge on any atom is 0.246 e. The molecule has 1 aliphatic rings. The van der Waals surface area contributed by atoms with Crippen molar-refractivity contribution < 1.29 is 8.42 Å². The molecule has 6 heteroatoms. The fourth-order valence-corrected chi connectivity index (χ4v) is 4.37. The first-order valence-electron chi connectivity index (χ1n) is 6.17. The van der Waals surface area contributed by atoms with Gasteiger partial charge in [0.2, 0.25) is 10.0 Å². The van der Waals surface area contributed by atoms with Crippen LogP contribution in [0.3, 0.4) is 0 Å². The Kier molecular flexibility index (Phi) is 3.59. The summed E-state index contributed by atoms with van der Waals surface area (Å²) in [5.74, 6) is 0.382. The molecule has 100 valence electrons. The summed E-state index contributed by atoms with van der Waals surface area (Å²) in [5, 5.41) is 0. The quantitative estimate of drug-likeness (QED) is 0.901. The average Bonchev–Trinajstić information content (AvgIpc) is 2.78. The van der Waals surface area contributed by atoms with Crippen LogP contribution < -0.4 is 5.73 Å². The fourth-order valence-electron chi connectivity index (χ4n) is 2.48. The van der Waals surface area contributed by atoms with E-state index in [1.807, 2.05) is 13.8 Å². The van der Waals surface area contributed by atoms with Crippen LogP contribution in [0.25, 0.3) is 0 Å². The zero-order valence-corrected chi connectivity index (χ0v) is 11.5. The molecule has 1 aromatic rings. The van der Waals surface area contributed by atoms with Crippen molar-refractivity contribution in [1.29, 1.82) is 0 Å². The van der Waals surface area contributed by atoms with Gasteiger partial charge in [-0.2, -0.15) is 4.31 Å². The van der Waals surface area contributed by atoms with Gasteiger partial charge >= 0.3 is 0 Å². The lowest BCUT2D eigenvalue weighted by Gasteiger charge is -2.27. The number of aromatic nitrogens is 1. The molecular weight excluding hydrogens is 250 g/mol. The lowest BCUT2D eigenvalue weighted by atomic mass is 10.0. The summed E-state index contributed by atoms with van der Waals surface area (Å²) in [5.41, 5.74) is 5.68. The van der Waals surface area contributed by atoms with E-state index in [1.54, 1.807) is 10.4 Å². The SMILES string of the molecule is CC(C)C1CCCN1S(=O)(=O)c1cccnc1N. The van der Waals surface area contributed by atoms with Gasteiger partial charge in [-0.25, -0.2) is 13.4 Å². The minimum atomic E-state index is -3.52. The molecule has 0 bridgehead atoms. The van der Waals surface area contributed by atoms with Crippen molar-refractivity contribution in [2.24, 2.45) is 5.92 Å². The molecule has 2 heterocycles. The van der Waals surface area contributed by atoms with E-state index >= 15 is 0 Å². The van der Waals surface area contributed by atoms with Gasteiger partial charge in [0.15, 0.2) is 0 Å². The number of nitrogens with zero attached hydrogens (tertiary/aromatic N) is 2. The first-order valence-corrected chi connectivity index (χ1v) is 7.61. The Balaban J connectivity index is 2.40. The summed E-state index contributed by atoms with van der Waals surface area (Å²) in [4.78, 5) is 3.98. The molecule has 1 atom stereocenters. The number of pyridine rings is 1. The van der Waals surface area contributed by atoms with Crippen molar-refractivity contribution >= 4 is 15.8 Å². The van der Waals surface area contributed by atoms with Crippen LogP contribution in [0, 0.1) is 5.92 Å². The zero-order chi connectivity index (χ0) is 13.3. The molecule has 0 aromatic carbocycles. The smallest absolute Gasteiger partial charge is 0.246 e. The van der Waals surface area contributed by atoms with E-state index in [2.05, 4.69) is 4.98 Å². The summed E-state index contributed by atoms with van der Waals surface area (Å²) in [6, 6.07) is 3.19. The number of nitrogen functional groups attached to an aromatic ring is 1. The Labute approximate surface area is 108 Å². The molecule has 0 amide bonds. The van der Waals surface area contributed by atoms with Crippen LogP contribution in [0.2, 0.25) is 0 Å². The van der Waals surface area contributed by atoms with Gasteiger partial charge in [-0.15, -0.1) is 0 Å². The predicted octanol–water partition coefficient (Wildman–Crippen LogP) is 1.47. The van der Waals surface area contributed by atoms with Crippen molar-refractivity contribution in [2.45, 2.75) is 37.6 Å². The zero-order valence-electron chi connectivity index (χ0n) is 10.7. The van der Waals surface area contributed by atoms with Gasteiger partial charge in [0, 0.05) is 18.8 Å². The van der Waals surface area contributed by atoms with Gasteiger partial charge in [0.1, 0.15) is 10.7 Å². The highest BCUT2D eigenvalue weighted by Crippen LogP contribution is 2.31. The maximum absolute atomic E-state index is 12.6. The number of anilines is 1. The number of nitrogens with two attached hydrogens (primary N) is 1. The lowest BCUT2D eigenvalue weighted by molar-refractivity contribution is 0.316. The topological polar surface area (TPSA) is 76.3 Å². The summed E-state index contributed by atoms with van der Waals surface area (Å²) < 4.78 is 26.7. The molecule has 1 fully saturated rings. The third-order valence-corrected chi connectivity index (χ3v) is 5.38. The van der Waals surface area contributed by atoms with Crippen molar-refractivity contribution in [1.82, 2.24) is 9.29 Å². The second-order valence-electron chi connectivity index (χ2n) is 4.96. The molecule has 0 saturated carbocycles. The molecular formula is C12H19N3O2S. The van der Waals surface area contributed by atoms with Crippen molar-refractivity contribution in [3.8, 4) is 0 Å². The molecule has 1 aliphatic heterocycles. The highest BCUT2D eigenvalue weighted by atomic mass is 32.2. The second kappa shape index (κ2) is 4.85. The highest BCUT2D eigenvalue weighted by Gasteiger charge is 2.37. The van der Waals surface area contributed by atoms with Gasteiger partial charge in [-0.1, -0.05) is 13.8 Å². The molecule has 18 heavy (non-hydrogen) atoms. The Morgan fingerprint density at radius 1 is 1.50 bits per heavy atom. The minimum absolute atomic E-state index is 0.0645. The first-order chi connectivity index (χ1) is 8.44. The van der Waals surface area contributed by atoms with E-state index in [0.29, 0.717) is 12.5 Å². The summed E-state index contributed by atoms with van der Waals surface area (Å²) in [6.45, 7) is 4.66. The largest absolute Gasteiger partial charge is 0.383 e. The van der Waals surface area contributed by atoms with E-state index in [1.165, 1.54) is 12.3 Å². The summed E-state index contributed by atoms with van der Waals surface area (Å²) in [6.07, 6.45) is 3.32. The molecule has 1 saturated heterocycles. The molecule has 1 unspecified atom stereocenters. The van der Waals surface area contributed by atoms with E-state index < -0.39 is 10.0 Å². The van der Waals surface area contributed by atoms with Crippen molar-refractivity contribution in [3.63, 3.8) is 0 Å². The Bertz CT molecular complexity index is 528. The maximum atomic E-state index is 12.6. The van der Waals surface area contributed by atoms with Crippen molar-refractivity contribution in [2.75, 3.05) is 12.3 Å². The van der Waals surface area contributed by atoms with E-state index in [4.69, 9.17) is 5.73 Å². The van der Waals surface area contributed by atoms with Gasteiger partial charge in [0.25, 0.3) is 0 Å². The second-order valence-corrected chi connectivity index (χ2v) is 6.82. The van der Waals surface area contributed by atoms with E-state index in [9.17, 15) is 8.42 Å². The highest BCUT2D eigenvalue weighted by molar-refractivity contribution is 7.89. The van der Waals surface area contributed by atoms with Crippen molar-refractivity contribution in [3.05, 3.63) is 18.3 Å². The normalized spacial score (nSPS) is 21.6. The standard InChI is InChI=1S/C12H19N3O2S/c1-9(2)10-5-4-8-15(10)18(16,17)11-6-3-7-14-12(11)13/h3,6-7,9-10H,4-5,8H2,1-2H3,(H2,13,14). The third-order valence-electron chi connectivity index (χ3n) is 3.40. The van der Waals surface area contributed by atoms with Crippen LogP contribution in [0.5, 0.6) is 0 Å². The Hall–Kier alpha value is -1.14. The van der Waals surface area contributed by atoms with Crippen LogP contribution in [0.15, 0.2) is 23.2 Å². The Morgan fingerprint density at radius 2 is 2.22 bits per heavy atom. The monoisotopic (exact) mass is 269 g/mol. The van der Waals surface area contributed by atoms with Crippen LogP contribution >= 0.6 is 0 Å². The number of sulfonamides is 1. The minimum Gasteiger partial charge on any atom is -0.383 e. The number of hydrogen-bond acceptors (Lipinski definition) is 4.